The molecule has 115 valence electrons. The molecule has 23 heavy (non-hydrogen) atoms. The second-order valence-corrected chi connectivity index (χ2v) is 6.52. The Balaban J connectivity index is 2.12. The van der Waals surface area contributed by atoms with Crippen LogP contribution in [-0.2, 0) is 5.41 Å². The zero-order valence-corrected chi connectivity index (χ0v) is 13.5. The number of hydrogen-bond donors (Lipinski definition) is 0. The molecule has 0 aliphatic rings. The van der Waals surface area contributed by atoms with Crippen LogP contribution in [0.25, 0.3) is 22.3 Å². The molecule has 0 bridgehead atoms. The molecule has 1 radical (unpaired) electrons. The van der Waals surface area contributed by atoms with Crippen LogP contribution in [0.5, 0.6) is 0 Å². The van der Waals surface area contributed by atoms with Crippen molar-refractivity contribution in [3.05, 3.63) is 72.6 Å². The van der Waals surface area contributed by atoms with Gasteiger partial charge in [-0.1, -0.05) is 45.0 Å². The maximum Gasteiger partial charge on any atom is 0.141 e. The van der Waals surface area contributed by atoms with Crippen LogP contribution in [0.2, 0.25) is 0 Å². The third kappa shape index (κ3) is 3.14. The largest absolute Gasteiger partial charge is 0.263 e. The minimum atomic E-state index is -0.266. The molecule has 2 nitrogen and oxygen atoms in total. The fraction of sp³-hybridized carbons (Fsp3) is 0.200. The number of halogens is 1. The van der Waals surface area contributed by atoms with E-state index in [9.17, 15) is 0 Å². The van der Waals surface area contributed by atoms with Crippen molar-refractivity contribution in [2.24, 2.45) is 0 Å². The molecule has 0 aliphatic heterocycles. The monoisotopic (exact) mass is 305 g/mol. The van der Waals surface area contributed by atoms with Crippen molar-refractivity contribution < 1.29 is 4.39 Å². The number of aromatic nitrogens is 2. The first-order valence-electron chi connectivity index (χ1n) is 7.54. The molecule has 0 amide bonds. The second kappa shape index (κ2) is 5.92. The first-order valence-corrected chi connectivity index (χ1v) is 7.54. The summed E-state index contributed by atoms with van der Waals surface area (Å²) in [6, 6.07) is 13.9. The first kappa shape index (κ1) is 15.3. The highest BCUT2D eigenvalue weighted by Gasteiger charge is 2.18. The molecule has 2 heterocycles. The Morgan fingerprint density at radius 3 is 2.26 bits per heavy atom. The summed E-state index contributed by atoms with van der Waals surface area (Å²) >= 11 is 0. The lowest BCUT2D eigenvalue weighted by molar-refractivity contribution is 0.569. The van der Waals surface area contributed by atoms with Gasteiger partial charge in [-0.25, -0.2) is 4.39 Å². The number of rotatable bonds is 2. The van der Waals surface area contributed by atoms with Crippen LogP contribution in [0.15, 0.2) is 55.0 Å². The zero-order chi connectivity index (χ0) is 16.4. The summed E-state index contributed by atoms with van der Waals surface area (Å²) < 4.78 is 15.0. The first-order chi connectivity index (χ1) is 11.0. The highest BCUT2D eigenvalue weighted by atomic mass is 19.1. The Labute approximate surface area is 136 Å². The number of hydrogen-bond acceptors (Lipinski definition) is 2. The fourth-order valence-corrected chi connectivity index (χ4v) is 2.42. The molecular formula is C20H18FN2. The smallest absolute Gasteiger partial charge is 0.141 e. The van der Waals surface area contributed by atoms with E-state index >= 15 is 4.39 Å². The predicted molar refractivity (Wildman–Crippen MR) is 90.4 cm³/mol. The number of pyridine rings is 2. The quantitative estimate of drug-likeness (QED) is 0.662. The average Bonchev–Trinajstić information content (AvgIpc) is 2.55. The highest BCUT2D eigenvalue weighted by molar-refractivity contribution is 5.72. The average molecular weight is 305 g/mol. The van der Waals surface area contributed by atoms with E-state index in [1.807, 2.05) is 24.3 Å². The molecule has 0 unspecified atom stereocenters. The number of nitrogens with zero attached hydrogens (tertiary/aromatic N) is 2. The summed E-state index contributed by atoms with van der Waals surface area (Å²) in [6.45, 7) is 6.26. The van der Waals surface area contributed by atoms with Crippen LogP contribution in [0.4, 0.5) is 4.39 Å². The van der Waals surface area contributed by atoms with E-state index in [2.05, 4.69) is 36.8 Å². The molecule has 0 spiro atoms. The van der Waals surface area contributed by atoms with Crippen LogP contribution in [-0.4, -0.2) is 9.97 Å². The molecular weight excluding hydrogens is 287 g/mol. The van der Waals surface area contributed by atoms with Gasteiger partial charge in [0.05, 0.1) is 0 Å². The number of benzene rings is 1. The highest BCUT2D eigenvalue weighted by Crippen LogP contribution is 2.31. The van der Waals surface area contributed by atoms with E-state index in [1.165, 1.54) is 0 Å². The Hall–Kier alpha value is -2.55. The molecule has 0 atom stereocenters. The minimum Gasteiger partial charge on any atom is -0.263 e. The van der Waals surface area contributed by atoms with E-state index in [1.54, 1.807) is 30.7 Å². The second-order valence-electron chi connectivity index (χ2n) is 6.52. The SMILES string of the molecule is CC(C)(C)c1cc(-c2cncc(-c3cc[c]cc3)c2F)ccn1. The van der Waals surface area contributed by atoms with E-state index in [0.717, 1.165) is 16.8 Å². The Kier molecular flexibility index (Phi) is 3.95. The summed E-state index contributed by atoms with van der Waals surface area (Å²) in [7, 11) is 0. The van der Waals surface area contributed by atoms with Crippen molar-refractivity contribution in [3.8, 4) is 22.3 Å². The van der Waals surface area contributed by atoms with Gasteiger partial charge in [0, 0.05) is 40.8 Å². The maximum atomic E-state index is 15.0. The van der Waals surface area contributed by atoms with Crippen molar-refractivity contribution in [3.63, 3.8) is 0 Å². The van der Waals surface area contributed by atoms with Gasteiger partial charge in [-0.2, -0.15) is 0 Å². The summed E-state index contributed by atoms with van der Waals surface area (Å²) in [5.41, 5.74) is 3.40. The Bertz CT molecular complexity index is 821. The van der Waals surface area contributed by atoms with E-state index in [0.29, 0.717) is 11.1 Å². The van der Waals surface area contributed by atoms with Crippen molar-refractivity contribution in [2.75, 3.05) is 0 Å². The molecule has 2 aromatic heterocycles. The van der Waals surface area contributed by atoms with Crippen molar-refractivity contribution in [1.82, 2.24) is 9.97 Å². The van der Waals surface area contributed by atoms with Crippen LogP contribution in [0.3, 0.4) is 0 Å². The van der Waals surface area contributed by atoms with Gasteiger partial charge in [-0.05, 0) is 29.3 Å². The van der Waals surface area contributed by atoms with Gasteiger partial charge in [0.25, 0.3) is 0 Å². The van der Waals surface area contributed by atoms with E-state index < -0.39 is 0 Å². The molecule has 3 aromatic rings. The fourth-order valence-electron chi connectivity index (χ4n) is 2.42. The summed E-state index contributed by atoms with van der Waals surface area (Å²) in [5.74, 6) is -0.266. The van der Waals surface area contributed by atoms with Gasteiger partial charge >= 0.3 is 0 Å². The molecule has 3 rings (SSSR count). The topological polar surface area (TPSA) is 25.8 Å². The molecule has 0 saturated heterocycles. The van der Waals surface area contributed by atoms with Crippen LogP contribution in [0, 0.1) is 11.9 Å². The molecule has 3 heteroatoms. The van der Waals surface area contributed by atoms with Crippen LogP contribution in [0.1, 0.15) is 26.5 Å². The van der Waals surface area contributed by atoms with Gasteiger partial charge in [0.15, 0.2) is 0 Å². The third-order valence-corrected chi connectivity index (χ3v) is 3.75. The standard InChI is InChI=1S/C20H18FN2/c1-20(2,3)18-11-15(9-10-23-18)17-13-22-12-16(19(17)21)14-7-5-4-6-8-14/h5-13H,1-3H3. The van der Waals surface area contributed by atoms with Crippen molar-refractivity contribution in [2.45, 2.75) is 26.2 Å². The Morgan fingerprint density at radius 2 is 1.61 bits per heavy atom. The molecule has 0 N–H and O–H groups in total. The summed E-state index contributed by atoms with van der Waals surface area (Å²) in [5, 5.41) is 0. The van der Waals surface area contributed by atoms with Crippen LogP contribution < -0.4 is 0 Å². The summed E-state index contributed by atoms with van der Waals surface area (Å²) in [6.07, 6.45) is 4.84. The molecule has 0 fully saturated rings. The lowest BCUT2D eigenvalue weighted by Crippen LogP contribution is -2.13. The minimum absolute atomic E-state index is 0.0905. The Morgan fingerprint density at radius 1 is 0.957 bits per heavy atom. The van der Waals surface area contributed by atoms with Gasteiger partial charge in [-0.3, -0.25) is 9.97 Å². The van der Waals surface area contributed by atoms with E-state index in [4.69, 9.17) is 0 Å². The lowest BCUT2D eigenvalue weighted by Gasteiger charge is -2.18. The van der Waals surface area contributed by atoms with Gasteiger partial charge < -0.3 is 0 Å². The molecule has 0 aliphatic carbocycles. The predicted octanol–water partition coefficient (Wildman–Crippen LogP) is 5.05. The summed E-state index contributed by atoms with van der Waals surface area (Å²) in [4.78, 5) is 8.62. The maximum absolute atomic E-state index is 15.0. The third-order valence-electron chi connectivity index (χ3n) is 3.75. The zero-order valence-electron chi connectivity index (χ0n) is 13.5. The van der Waals surface area contributed by atoms with Crippen molar-refractivity contribution in [1.29, 1.82) is 0 Å². The van der Waals surface area contributed by atoms with Gasteiger partial charge in [-0.15, -0.1) is 0 Å². The molecule has 0 saturated carbocycles. The van der Waals surface area contributed by atoms with Gasteiger partial charge in [0.2, 0.25) is 0 Å². The lowest BCUT2D eigenvalue weighted by atomic mass is 9.90. The van der Waals surface area contributed by atoms with Gasteiger partial charge in [0.1, 0.15) is 5.82 Å². The van der Waals surface area contributed by atoms with Crippen molar-refractivity contribution >= 4 is 0 Å². The van der Waals surface area contributed by atoms with Crippen LogP contribution >= 0.6 is 0 Å². The molecule has 1 aromatic carbocycles. The normalized spacial score (nSPS) is 11.5. The van der Waals surface area contributed by atoms with E-state index in [-0.39, 0.29) is 11.2 Å².